The van der Waals surface area contributed by atoms with Crippen LogP contribution < -0.4 is 5.32 Å². The Morgan fingerprint density at radius 2 is 1.62 bits per heavy atom. The number of hydrogen-bond acceptors (Lipinski definition) is 1. The van der Waals surface area contributed by atoms with Crippen molar-refractivity contribution in [3.05, 3.63) is 30.3 Å². The van der Waals surface area contributed by atoms with E-state index in [4.69, 9.17) is 0 Å². The Morgan fingerprint density at radius 1 is 1.08 bits per heavy atom. The summed E-state index contributed by atoms with van der Waals surface area (Å²) >= 11 is 0. The first-order valence-electron chi connectivity index (χ1n) is 3.51. The molecule has 0 saturated heterocycles. The van der Waals surface area contributed by atoms with Crippen LogP contribution in [0, 0.1) is 0 Å². The number of nitrogens with one attached hydrogen (secondary N) is 1. The first kappa shape index (κ1) is 9.83. The minimum Gasteiger partial charge on any atom is -0.322 e. The van der Waals surface area contributed by atoms with Gasteiger partial charge in [0.2, 0.25) is 0 Å². The largest absolute Gasteiger partial charge is 0.383 e. The maximum Gasteiger partial charge on any atom is 0.383 e. The maximum atomic E-state index is 12.4. The number of rotatable bonds is 3. The number of benzene rings is 1. The van der Waals surface area contributed by atoms with Gasteiger partial charge < -0.3 is 5.32 Å². The van der Waals surface area contributed by atoms with Gasteiger partial charge in [-0.25, -0.2) is 8.78 Å². The van der Waals surface area contributed by atoms with Crippen molar-refractivity contribution in [3.8, 4) is 0 Å². The van der Waals surface area contributed by atoms with Crippen LogP contribution in [0.5, 0.6) is 0 Å². The fourth-order valence-electron chi connectivity index (χ4n) is 0.768. The summed E-state index contributed by atoms with van der Waals surface area (Å²) in [5.74, 6) is 0. The second-order valence-corrected chi connectivity index (χ2v) is 2.41. The molecule has 0 spiro atoms. The molecule has 1 rings (SSSR count). The van der Waals surface area contributed by atoms with E-state index in [9.17, 15) is 17.6 Å². The Hall–Kier alpha value is -1.26. The average molecular weight is 193 g/mol. The third-order valence-electron chi connectivity index (χ3n) is 1.36. The van der Waals surface area contributed by atoms with E-state index in [1.54, 1.807) is 6.07 Å². The van der Waals surface area contributed by atoms with Crippen molar-refractivity contribution >= 4 is 5.69 Å². The summed E-state index contributed by atoms with van der Waals surface area (Å²) in [7, 11) is 0. The van der Waals surface area contributed by atoms with Gasteiger partial charge in [0.1, 0.15) is 0 Å². The third-order valence-corrected chi connectivity index (χ3v) is 1.36. The zero-order valence-corrected chi connectivity index (χ0v) is 6.48. The van der Waals surface area contributed by atoms with E-state index in [-0.39, 0.29) is 5.69 Å². The fraction of sp³-hybridized carbons (Fsp3) is 0.250. The monoisotopic (exact) mass is 193 g/mol. The molecule has 0 fully saturated rings. The molecule has 1 aromatic rings. The topological polar surface area (TPSA) is 12.0 Å². The van der Waals surface area contributed by atoms with E-state index in [0.717, 1.165) is 0 Å². The first-order valence-corrected chi connectivity index (χ1v) is 3.51. The summed E-state index contributed by atoms with van der Waals surface area (Å²) in [6, 6.07) is 2.95. The first-order chi connectivity index (χ1) is 6.02. The van der Waals surface area contributed by atoms with Gasteiger partial charge in [-0.05, 0) is 12.1 Å². The van der Waals surface area contributed by atoms with Crippen molar-refractivity contribution in [2.75, 3.05) is 5.32 Å². The molecule has 5 heteroatoms. The lowest BCUT2D eigenvalue weighted by atomic mass is 10.3. The quantitative estimate of drug-likeness (QED) is 0.574. The van der Waals surface area contributed by atoms with Gasteiger partial charge in [0.05, 0.1) is 0 Å². The Kier molecular flexibility index (Phi) is 2.75. The molecule has 0 aliphatic heterocycles. The molecule has 0 heterocycles. The van der Waals surface area contributed by atoms with Crippen LogP contribution in [0.15, 0.2) is 30.3 Å². The molecule has 0 atom stereocenters. The Labute approximate surface area is 72.4 Å². The van der Waals surface area contributed by atoms with Gasteiger partial charge in [0.25, 0.3) is 0 Å². The van der Waals surface area contributed by atoms with Crippen LogP contribution >= 0.6 is 0 Å². The Balaban J connectivity index is 2.69. The van der Waals surface area contributed by atoms with Crippen LogP contribution in [-0.2, 0) is 0 Å². The van der Waals surface area contributed by atoms with Gasteiger partial charge in [-0.15, -0.1) is 0 Å². The number of hydrogen-bond donors (Lipinski definition) is 1. The van der Waals surface area contributed by atoms with Crippen LogP contribution in [0.25, 0.3) is 0 Å². The van der Waals surface area contributed by atoms with E-state index >= 15 is 0 Å². The summed E-state index contributed by atoms with van der Waals surface area (Å²) in [6.45, 7) is 0. The minimum atomic E-state index is -4.18. The molecule has 0 aromatic heterocycles. The van der Waals surface area contributed by atoms with Crippen molar-refractivity contribution in [1.29, 1.82) is 0 Å². The predicted octanol–water partition coefficient (Wildman–Crippen LogP) is 2.96. The van der Waals surface area contributed by atoms with E-state index in [1.807, 2.05) is 0 Å². The summed E-state index contributed by atoms with van der Waals surface area (Å²) < 4.78 is 48.1. The SMILES string of the molecule is FC(F)C(F)(F)Nc1ccccc1. The molecule has 1 N–H and O–H groups in total. The van der Waals surface area contributed by atoms with Gasteiger partial charge in [-0.2, -0.15) is 8.78 Å². The van der Waals surface area contributed by atoms with Gasteiger partial charge >= 0.3 is 12.5 Å². The molecule has 0 aliphatic rings. The number of halogens is 4. The summed E-state index contributed by atoms with van der Waals surface area (Å²) in [5, 5.41) is 1.43. The predicted molar refractivity (Wildman–Crippen MR) is 41.0 cm³/mol. The van der Waals surface area contributed by atoms with Crippen LogP contribution in [-0.4, -0.2) is 12.5 Å². The van der Waals surface area contributed by atoms with E-state index in [0.29, 0.717) is 0 Å². The number of anilines is 1. The fourth-order valence-corrected chi connectivity index (χ4v) is 0.768. The smallest absolute Gasteiger partial charge is 0.322 e. The lowest BCUT2D eigenvalue weighted by Crippen LogP contribution is -2.35. The molecule has 0 saturated carbocycles. The minimum absolute atomic E-state index is 0.0344. The number of alkyl halides is 4. The van der Waals surface area contributed by atoms with Crippen molar-refractivity contribution in [1.82, 2.24) is 0 Å². The van der Waals surface area contributed by atoms with E-state index in [2.05, 4.69) is 0 Å². The third kappa shape index (κ3) is 2.61. The molecule has 0 bridgehead atoms. The molecule has 0 amide bonds. The molecule has 72 valence electrons. The molecule has 0 aliphatic carbocycles. The van der Waals surface area contributed by atoms with Gasteiger partial charge in [-0.3, -0.25) is 0 Å². The average Bonchev–Trinajstić information content (AvgIpc) is 2.05. The van der Waals surface area contributed by atoms with Crippen LogP contribution in [0.3, 0.4) is 0 Å². The lowest BCUT2D eigenvalue weighted by Gasteiger charge is -2.17. The highest BCUT2D eigenvalue weighted by Gasteiger charge is 2.40. The maximum absolute atomic E-state index is 12.4. The molecule has 0 unspecified atom stereocenters. The van der Waals surface area contributed by atoms with Gasteiger partial charge in [0.15, 0.2) is 0 Å². The molecular formula is C8H7F4N. The Bertz CT molecular complexity index is 260. The highest BCUT2D eigenvalue weighted by molar-refractivity contribution is 5.43. The van der Waals surface area contributed by atoms with E-state index < -0.39 is 12.5 Å². The number of para-hydroxylation sites is 1. The summed E-state index contributed by atoms with van der Waals surface area (Å²) in [5.41, 5.74) is -0.0344. The Morgan fingerprint density at radius 3 is 2.08 bits per heavy atom. The zero-order valence-electron chi connectivity index (χ0n) is 6.48. The normalized spacial score (nSPS) is 11.8. The van der Waals surface area contributed by atoms with Crippen molar-refractivity contribution in [2.24, 2.45) is 0 Å². The standard InChI is InChI=1S/C8H7F4N/c9-7(10)8(11,12)13-6-4-2-1-3-5-6/h1-5,7,13H. The second kappa shape index (κ2) is 3.64. The van der Waals surface area contributed by atoms with Gasteiger partial charge in [-0.1, -0.05) is 18.2 Å². The van der Waals surface area contributed by atoms with Crippen LogP contribution in [0.1, 0.15) is 0 Å². The molecule has 1 nitrogen and oxygen atoms in total. The van der Waals surface area contributed by atoms with E-state index in [1.165, 1.54) is 29.6 Å². The molecule has 13 heavy (non-hydrogen) atoms. The molecule has 1 aromatic carbocycles. The van der Waals surface area contributed by atoms with Crippen LogP contribution in [0.4, 0.5) is 23.2 Å². The second-order valence-electron chi connectivity index (χ2n) is 2.41. The lowest BCUT2D eigenvalue weighted by molar-refractivity contribution is -0.106. The zero-order chi connectivity index (χ0) is 9.90. The van der Waals surface area contributed by atoms with Crippen molar-refractivity contribution in [3.63, 3.8) is 0 Å². The highest BCUT2D eigenvalue weighted by atomic mass is 19.3. The highest BCUT2D eigenvalue weighted by Crippen LogP contribution is 2.24. The summed E-state index contributed by atoms with van der Waals surface area (Å²) in [6.07, 6.45) is -3.72. The van der Waals surface area contributed by atoms with Crippen LogP contribution in [0.2, 0.25) is 0 Å². The molecular weight excluding hydrogens is 186 g/mol. The van der Waals surface area contributed by atoms with Crippen molar-refractivity contribution in [2.45, 2.75) is 12.5 Å². The molecule has 0 radical (unpaired) electrons. The van der Waals surface area contributed by atoms with Gasteiger partial charge in [0, 0.05) is 5.69 Å². The summed E-state index contributed by atoms with van der Waals surface area (Å²) in [4.78, 5) is 0. The van der Waals surface area contributed by atoms with Crippen molar-refractivity contribution < 1.29 is 17.6 Å².